The Bertz CT molecular complexity index is 1490. The van der Waals surface area contributed by atoms with E-state index >= 15 is 0 Å². The number of tetrazole rings is 1. The molecule has 46 heavy (non-hydrogen) atoms. The van der Waals surface area contributed by atoms with Crippen LogP contribution < -0.4 is 20.3 Å². The number of hydrogen-bond donors (Lipinski definition) is 3. The first-order chi connectivity index (χ1) is 21.9. The van der Waals surface area contributed by atoms with Crippen LogP contribution in [0.25, 0.3) is 11.4 Å². The monoisotopic (exact) mass is 640 g/mol. The summed E-state index contributed by atoms with van der Waals surface area (Å²) < 4.78 is 10.6. The second-order valence-electron chi connectivity index (χ2n) is 12.6. The normalized spacial score (nSPS) is 26.0. The van der Waals surface area contributed by atoms with Crippen molar-refractivity contribution in [2.45, 2.75) is 82.6 Å². The molecule has 16 nitrogen and oxygen atoms in total. The lowest BCUT2D eigenvalue weighted by molar-refractivity contribution is -0.144. The van der Waals surface area contributed by atoms with E-state index in [1.165, 1.54) is 4.90 Å². The smallest absolute Gasteiger partial charge is 0.426 e. The third kappa shape index (κ3) is 7.49. The highest BCUT2D eigenvalue weighted by Gasteiger charge is 2.61. The molecule has 2 aliphatic heterocycles. The molecular weight excluding hydrogens is 600 g/mol. The Balaban J connectivity index is 1.39. The number of methoxy groups -OCH3 is 1. The van der Waals surface area contributed by atoms with Crippen molar-refractivity contribution in [2.24, 2.45) is 5.92 Å². The van der Waals surface area contributed by atoms with Gasteiger partial charge in [0.05, 0.1) is 13.7 Å². The van der Waals surface area contributed by atoms with E-state index in [0.29, 0.717) is 17.7 Å². The fraction of sp³-hybridized carbons (Fsp3) is 0.567. The fourth-order valence-corrected chi connectivity index (χ4v) is 5.59. The van der Waals surface area contributed by atoms with Gasteiger partial charge in [-0.2, -0.15) is 0 Å². The average Bonchev–Trinajstić information content (AvgIpc) is 3.29. The van der Waals surface area contributed by atoms with Crippen LogP contribution in [-0.2, 0) is 14.3 Å². The molecule has 1 aromatic carbocycles. The number of carboxylic acid groups (broad SMARTS) is 1. The quantitative estimate of drug-likeness (QED) is 0.392. The molecule has 2 aromatic rings. The molecule has 3 heterocycles. The number of carbonyl (C=O) groups excluding carboxylic acids is 3. The highest BCUT2D eigenvalue weighted by molar-refractivity contribution is 5.94. The van der Waals surface area contributed by atoms with Crippen molar-refractivity contribution in [2.75, 3.05) is 20.2 Å². The molecule has 3 N–H and O–H groups in total. The number of carboxylic acids is 1. The average molecular weight is 641 g/mol. The number of nitrogens with one attached hydrogen (secondary N) is 2. The molecule has 4 atom stereocenters. The molecule has 1 aliphatic carbocycles. The highest BCUT2D eigenvalue weighted by atomic mass is 16.7. The summed E-state index contributed by atoms with van der Waals surface area (Å²) in [5.41, 5.74) is 0.898. The van der Waals surface area contributed by atoms with Gasteiger partial charge in [0, 0.05) is 29.4 Å². The molecule has 16 heteroatoms. The van der Waals surface area contributed by atoms with E-state index in [-0.39, 0.29) is 37.7 Å². The van der Waals surface area contributed by atoms with E-state index in [1.807, 2.05) is 12.2 Å². The minimum absolute atomic E-state index is 0.00406. The van der Waals surface area contributed by atoms with Gasteiger partial charge < -0.3 is 29.6 Å². The third-order valence-electron chi connectivity index (χ3n) is 8.00. The van der Waals surface area contributed by atoms with Crippen LogP contribution in [0, 0.1) is 5.92 Å². The summed E-state index contributed by atoms with van der Waals surface area (Å²) in [4.78, 5) is 60.9. The summed E-state index contributed by atoms with van der Waals surface area (Å²) in [7, 11) is 1.55. The van der Waals surface area contributed by atoms with E-state index < -0.39 is 47.3 Å². The van der Waals surface area contributed by atoms with Crippen molar-refractivity contribution >= 4 is 24.0 Å². The lowest BCUT2D eigenvalue weighted by Crippen LogP contribution is -2.58. The molecular formula is C30H40N8O8. The van der Waals surface area contributed by atoms with Crippen LogP contribution in [0.4, 0.5) is 9.59 Å². The zero-order valence-corrected chi connectivity index (χ0v) is 26.3. The van der Waals surface area contributed by atoms with Crippen LogP contribution in [-0.4, -0.2) is 103 Å². The lowest BCUT2D eigenvalue weighted by Gasteiger charge is -2.32. The summed E-state index contributed by atoms with van der Waals surface area (Å²) >= 11 is 0. The number of benzene rings is 1. The Morgan fingerprint density at radius 1 is 1.17 bits per heavy atom. The molecule has 0 bridgehead atoms. The number of ether oxygens (including phenoxy) is 2. The fourth-order valence-electron chi connectivity index (χ4n) is 5.59. The van der Waals surface area contributed by atoms with Crippen molar-refractivity contribution in [1.82, 2.24) is 41.0 Å². The number of aliphatic carboxylic acids is 1. The van der Waals surface area contributed by atoms with Crippen LogP contribution in [0.2, 0.25) is 0 Å². The summed E-state index contributed by atoms with van der Waals surface area (Å²) in [6, 6.07) is 5.30. The highest BCUT2D eigenvalue weighted by Crippen LogP contribution is 2.45. The topological polar surface area (TPSA) is 190 Å². The van der Waals surface area contributed by atoms with Crippen LogP contribution >= 0.6 is 0 Å². The number of urea groups is 1. The number of amides is 4. The summed E-state index contributed by atoms with van der Waals surface area (Å²) in [5, 5.41) is 26.2. The number of hydrogen-bond acceptors (Lipinski definition) is 10. The lowest BCUT2D eigenvalue weighted by atomic mass is 10.1. The zero-order valence-electron chi connectivity index (χ0n) is 26.3. The second-order valence-corrected chi connectivity index (χ2v) is 12.6. The number of rotatable bonds is 6. The number of allylic oxidation sites excluding steroid dienone is 1. The van der Waals surface area contributed by atoms with Gasteiger partial charge in [0.2, 0.25) is 11.7 Å². The minimum atomic E-state index is -1.46. The van der Waals surface area contributed by atoms with E-state index in [0.717, 1.165) is 29.2 Å². The van der Waals surface area contributed by atoms with Crippen LogP contribution in [0.3, 0.4) is 0 Å². The molecule has 4 amide bonds. The molecule has 1 saturated heterocycles. The Morgan fingerprint density at radius 3 is 2.72 bits per heavy atom. The van der Waals surface area contributed by atoms with Gasteiger partial charge in [0.15, 0.2) is 0 Å². The van der Waals surface area contributed by atoms with Gasteiger partial charge in [0.25, 0.3) is 0 Å². The third-order valence-corrected chi connectivity index (χ3v) is 8.00. The summed E-state index contributed by atoms with van der Waals surface area (Å²) in [6.45, 7) is 5.20. The zero-order chi connectivity index (χ0) is 33.1. The Kier molecular flexibility index (Phi) is 9.34. The number of nitrogens with zero attached hydrogens (tertiary/aromatic N) is 6. The SMILES string of the molecule is COc1cccc(-c2nnn(OC3CC4C(=O)NC5(C(=O)O)CC5/C=C\CCCCCN(NC(=O)OC(C)(C)C)C(=O)N4C3)n2)c1. The van der Waals surface area contributed by atoms with E-state index in [4.69, 9.17) is 14.3 Å². The maximum atomic E-state index is 14.0. The molecule has 5 rings (SSSR count). The molecule has 2 fully saturated rings. The van der Waals surface area contributed by atoms with E-state index in [9.17, 15) is 24.3 Å². The predicted molar refractivity (Wildman–Crippen MR) is 161 cm³/mol. The molecule has 0 radical (unpaired) electrons. The first-order valence-electron chi connectivity index (χ1n) is 15.3. The maximum Gasteiger partial charge on any atom is 0.426 e. The first kappa shape index (κ1) is 32.5. The van der Waals surface area contributed by atoms with Gasteiger partial charge in [-0.3, -0.25) is 4.79 Å². The van der Waals surface area contributed by atoms with Crippen LogP contribution in [0.15, 0.2) is 36.4 Å². The standard InChI is InChI=1S/C30H40N8O8/c1-29(2,3)45-27(42)34-37-14-9-7-5-6-8-12-20-17-30(20,26(40)41)31-25(39)23-16-22(18-36(23)28(37)43)46-38-33-24(32-35-38)19-11-10-13-21(15-19)44-4/h8,10-13,15,20,22-23H,5-7,9,14,16-18H2,1-4H3,(H,31,39)(H,34,42)(H,40,41)/b12-8-. The van der Waals surface area contributed by atoms with Gasteiger partial charge in [0.1, 0.15) is 29.0 Å². The Morgan fingerprint density at radius 2 is 1.98 bits per heavy atom. The van der Waals surface area contributed by atoms with Crippen LogP contribution in [0.5, 0.6) is 5.75 Å². The predicted octanol–water partition coefficient (Wildman–Crippen LogP) is 2.17. The van der Waals surface area contributed by atoms with Gasteiger partial charge in [-0.1, -0.05) is 35.8 Å². The van der Waals surface area contributed by atoms with Gasteiger partial charge >= 0.3 is 18.1 Å². The van der Waals surface area contributed by atoms with Gasteiger partial charge in [-0.15, -0.1) is 5.10 Å². The molecule has 3 aliphatic rings. The maximum absolute atomic E-state index is 14.0. The first-order valence-corrected chi connectivity index (χ1v) is 15.3. The number of hydrazine groups is 1. The largest absolute Gasteiger partial charge is 0.497 e. The summed E-state index contributed by atoms with van der Waals surface area (Å²) in [5.74, 6) is -1.28. The van der Waals surface area contributed by atoms with E-state index in [1.54, 1.807) is 52.1 Å². The van der Waals surface area contributed by atoms with Crippen molar-refractivity contribution in [3.8, 4) is 17.1 Å². The van der Waals surface area contributed by atoms with Gasteiger partial charge in [-0.25, -0.2) is 24.8 Å². The number of fused-ring (bicyclic) bond motifs is 2. The van der Waals surface area contributed by atoms with Crippen LogP contribution in [0.1, 0.15) is 59.3 Å². The molecule has 0 spiro atoms. The Hall–Kier alpha value is -4.89. The van der Waals surface area contributed by atoms with Crippen molar-refractivity contribution in [3.05, 3.63) is 36.4 Å². The Labute approximate surface area is 265 Å². The van der Waals surface area contributed by atoms with Crippen molar-refractivity contribution < 1.29 is 38.6 Å². The van der Waals surface area contributed by atoms with E-state index in [2.05, 4.69) is 26.2 Å². The van der Waals surface area contributed by atoms with Crippen molar-refractivity contribution in [1.29, 1.82) is 0 Å². The molecule has 1 saturated carbocycles. The number of aromatic nitrogens is 4. The molecule has 4 unspecified atom stereocenters. The molecule has 1 aromatic heterocycles. The molecule has 248 valence electrons. The minimum Gasteiger partial charge on any atom is -0.497 e. The van der Waals surface area contributed by atoms with Gasteiger partial charge in [-0.05, 0) is 63.8 Å². The number of carbonyl (C=O) groups is 4. The summed E-state index contributed by atoms with van der Waals surface area (Å²) in [6.07, 6.45) is 5.26. The second kappa shape index (κ2) is 13.2. The van der Waals surface area contributed by atoms with Crippen molar-refractivity contribution in [3.63, 3.8) is 0 Å².